The molecule has 82 valence electrons. The molecule has 0 aliphatic carbocycles. The fourth-order valence-electron chi connectivity index (χ4n) is 2.07. The van der Waals surface area contributed by atoms with Gasteiger partial charge in [-0.15, -0.1) is 0 Å². The molecule has 2 heterocycles. The first-order chi connectivity index (χ1) is 7.33. The summed E-state index contributed by atoms with van der Waals surface area (Å²) in [6.07, 6.45) is 5.32. The summed E-state index contributed by atoms with van der Waals surface area (Å²) >= 11 is 0. The van der Waals surface area contributed by atoms with Crippen molar-refractivity contribution in [3.05, 3.63) is 18.2 Å². The number of nitrogens with zero attached hydrogens (tertiary/aromatic N) is 2. The van der Waals surface area contributed by atoms with Gasteiger partial charge in [-0.05, 0) is 32.9 Å². The van der Waals surface area contributed by atoms with E-state index in [0.29, 0.717) is 0 Å². The first-order valence-electron chi connectivity index (χ1n) is 5.58. The van der Waals surface area contributed by atoms with Crippen LogP contribution in [0.4, 0.5) is 0 Å². The molecule has 15 heavy (non-hydrogen) atoms. The Balaban J connectivity index is 2.12. The lowest BCUT2D eigenvalue weighted by molar-refractivity contribution is 0.0885. The fourth-order valence-corrected chi connectivity index (χ4v) is 2.07. The average Bonchev–Trinajstić information content (AvgIpc) is 2.77. The van der Waals surface area contributed by atoms with Crippen molar-refractivity contribution in [3.8, 4) is 0 Å². The van der Waals surface area contributed by atoms with Gasteiger partial charge in [-0.3, -0.25) is 4.79 Å². The highest BCUT2D eigenvalue weighted by Crippen LogP contribution is 2.17. The number of hydrogen-bond donors (Lipinski definition) is 1. The minimum atomic E-state index is 0.188. The van der Waals surface area contributed by atoms with E-state index >= 15 is 0 Å². The number of ketones is 1. The molecule has 1 aliphatic rings. The molecule has 0 radical (unpaired) electrons. The molecule has 0 saturated carbocycles. The topological polar surface area (TPSA) is 46.9 Å². The summed E-state index contributed by atoms with van der Waals surface area (Å²) in [4.78, 5) is 16.2. The summed E-state index contributed by atoms with van der Waals surface area (Å²) in [6, 6.07) is 0. The van der Waals surface area contributed by atoms with Crippen molar-refractivity contribution in [2.24, 2.45) is 5.92 Å². The molecule has 4 nitrogen and oxygen atoms in total. The van der Waals surface area contributed by atoms with Crippen LogP contribution in [0.5, 0.6) is 0 Å². The Labute approximate surface area is 89.7 Å². The normalized spacial score (nSPS) is 17.9. The lowest BCUT2D eigenvalue weighted by Gasteiger charge is -2.21. The summed E-state index contributed by atoms with van der Waals surface area (Å²) in [7, 11) is 0. The second-order valence-corrected chi connectivity index (χ2v) is 3.95. The number of carbonyl (C=O) groups excluding carboxylic acids is 1. The molecule has 0 amide bonds. The quantitative estimate of drug-likeness (QED) is 0.755. The molecule has 0 spiro atoms. The SMILES string of the molecule is CCn1cncc1C(=O)C1CCNCC1. The molecule has 0 atom stereocenters. The van der Waals surface area contributed by atoms with Crippen LogP contribution in [0, 0.1) is 5.92 Å². The first-order valence-corrected chi connectivity index (χ1v) is 5.58. The standard InChI is InChI=1S/C11H17N3O/c1-2-14-8-13-7-10(14)11(15)9-3-5-12-6-4-9/h7-9,12H,2-6H2,1H3. The molecule has 1 aromatic heterocycles. The number of piperidine rings is 1. The molecule has 1 N–H and O–H groups in total. The summed E-state index contributed by atoms with van der Waals surface area (Å²) in [5.41, 5.74) is 0.768. The molecule has 2 rings (SSSR count). The summed E-state index contributed by atoms with van der Waals surface area (Å²) in [6.45, 7) is 4.75. The number of aromatic nitrogens is 2. The summed E-state index contributed by atoms with van der Waals surface area (Å²) in [5, 5.41) is 3.27. The number of hydrogen-bond acceptors (Lipinski definition) is 3. The van der Waals surface area contributed by atoms with Gasteiger partial charge in [0.25, 0.3) is 0 Å². The van der Waals surface area contributed by atoms with Gasteiger partial charge in [-0.25, -0.2) is 4.98 Å². The Morgan fingerprint density at radius 1 is 1.60 bits per heavy atom. The summed E-state index contributed by atoms with van der Waals surface area (Å²) < 4.78 is 1.92. The number of aryl methyl sites for hydroxylation is 1. The maximum Gasteiger partial charge on any atom is 0.184 e. The van der Waals surface area contributed by atoms with E-state index in [1.807, 2.05) is 11.5 Å². The van der Waals surface area contributed by atoms with Gasteiger partial charge in [-0.2, -0.15) is 0 Å². The third-order valence-corrected chi connectivity index (χ3v) is 3.02. The highest BCUT2D eigenvalue weighted by Gasteiger charge is 2.24. The Hall–Kier alpha value is -1.16. The highest BCUT2D eigenvalue weighted by atomic mass is 16.1. The number of Topliss-reactive ketones (excluding diaryl/α,β-unsaturated/α-hetero) is 1. The largest absolute Gasteiger partial charge is 0.328 e. The van der Waals surface area contributed by atoms with Gasteiger partial charge >= 0.3 is 0 Å². The van der Waals surface area contributed by atoms with Crippen LogP contribution in [-0.2, 0) is 6.54 Å². The van der Waals surface area contributed by atoms with Gasteiger partial charge < -0.3 is 9.88 Å². The van der Waals surface area contributed by atoms with E-state index in [2.05, 4.69) is 10.3 Å². The zero-order valence-corrected chi connectivity index (χ0v) is 9.07. The maximum atomic E-state index is 12.2. The summed E-state index contributed by atoms with van der Waals surface area (Å²) in [5.74, 6) is 0.448. The predicted molar refractivity (Wildman–Crippen MR) is 57.8 cm³/mol. The van der Waals surface area contributed by atoms with Crippen LogP contribution in [0.3, 0.4) is 0 Å². The van der Waals surface area contributed by atoms with E-state index in [1.165, 1.54) is 0 Å². The van der Waals surface area contributed by atoms with E-state index in [-0.39, 0.29) is 11.7 Å². The molecule has 4 heteroatoms. The van der Waals surface area contributed by atoms with Gasteiger partial charge in [0, 0.05) is 12.5 Å². The van der Waals surface area contributed by atoms with Crippen LogP contribution in [0.25, 0.3) is 0 Å². The van der Waals surface area contributed by atoms with Crippen molar-refractivity contribution in [1.82, 2.24) is 14.9 Å². The lowest BCUT2D eigenvalue weighted by atomic mass is 9.92. The van der Waals surface area contributed by atoms with Crippen LogP contribution < -0.4 is 5.32 Å². The van der Waals surface area contributed by atoms with Crippen molar-refractivity contribution < 1.29 is 4.79 Å². The highest BCUT2D eigenvalue weighted by molar-refractivity contribution is 5.96. The van der Waals surface area contributed by atoms with Crippen LogP contribution in [0.1, 0.15) is 30.3 Å². The molecule has 1 aromatic rings. The molecule has 0 aromatic carbocycles. The minimum Gasteiger partial charge on any atom is -0.328 e. The maximum absolute atomic E-state index is 12.2. The molecule has 1 fully saturated rings. The molecule has 1 aliphatic heterocycles. The Morgan fingerprint density at radius 2 is 2.33 bits per heavy atom. The van der Waals surface area contributed by atoms with Crippen LogP contribution in [-0.4, -0.2) is 28.4 Å². The van der Waals surface area contributed by atoms with Crippen molar-refractivity contribution >= 4 is 5.78 Å². The smallest absolute Gasteiger partial charge is 0.184 e. The molecule has 0 unspecified atom stereocenters. The molecular formula is C11H17N3O. The van der Waals surface area contributed by atoms with E-state index in [1.54, 1.807) is 12.5 Å². The molecule has 0 bridgehead atoms. The third kappa shape index (κ3) is 2.09. The number of imidazole rings is 1. The number of rotatable bonds is 3. The van der Waals surface area contributed by atoms with Crippen molar-refractivity contribution in [3.63, 3.8) is 0 Å². The van der Waals surface area contributed by atoms with Crippen LogP contribution in [0.15, 0.2) is 12.5 Å². The second kappa shape index (κ2) is 4.57. The Kier molecular flexibility index (Phi) is 3.16. The zero-order valence-electron chi connectivity index (χ0n) is 9.07. The zero-order chi connectivity index (χ0) is 10.7. The molecule has 1 saturated heterocycles. The monoisotopic (exact) mass is 207 g/mol. The van der Waals surface area contributed by atoms with E-state index in [9.17, 15) is 4.79 Å². The van der Waals surface area contributed by atoms with Crippen molar-refractivity contribution in [2.45, 2.75) is 26.3 Å². The fraction of sp³-hybridized carbons (Fsp3) is 0.636. The van der Waals surface area contributed by atoms with Gasteiger partial charge in [0.1, 0.15) is 5.69 Å². The third-order valence-electron chi connectivity index (χ3n) is 3.02. The van der Waals surface area contributed by atoms with E-state index in [4.69, 9.17) is 0 Å². The second-order valence-electron chi connectivity index (χ2n) is 3.95. The molecular weight excluding hydrogens is 190 g/mol. The average molecular weight is 207 g/mol. The predicted octanol–water partition coefficient (Wildman–Crippen LogP) is 1.09. The van der Waals surface area contributed by atoms with E-state index in [0.717, 1.165) is 38.2 Å². The van der Waals surface area contributed by atoms with Crippen LogP contribution >= 0.6 is 0 Å². The van der Waals surface area contributed by atoms with Crippen LogP contribution in [0.2, 0.25) is 0 Å². The lowest BCUT2D eigenvalue weighted by Crippen LogP contribution is -2.32. The van der Waals surface area contributed by atoms with Crippen molar-refractivity contribution in [2.75, 3.05) is 13.1 Å². The van der Waals surface area contributed by atoms with Gasteiger partial charge in [0.15, 0.2) is 5.78 Å². The first kappa shape index (κ1) is 10.4. The number of carbonyl (C=O) groups is 1. The number of nitrogens with one attached hydrogen (secondary N) is 1. The van der Waals surface area contributed by atoms with Crippen molar-refractivity contribution in [1.29, 1.82) is 0 Å². The minimum absolute atomic E-state index is 0.188. The van der Waals surface area contributed by atoms with E-state index < -0.39 is 0 Å². The van der Waals surface area contributed by atoms with Gasteiger partial charge in [-0.1, -0.05) is 0 Å². The Bertz CT molecular complexity index is 339. The Morgan fingerprint density at radius 3 is 3.00 bits per heavy atom. The van der Waals surface area contributed by atoms with Gasteiger partial charge in [0.05, 0.1) is 12.5 Å². The van der Waals surface area contributed by atoms with Gasteiger partial charge in [0.2, 0.25) is 0 Å².